The molecule has 0 spiro atoms. The summed E-state index contributed by atoms with van der Waals surface area (Å²) in [7, 11) is 2.24. The highest BCUT2D eigenvalue weighted by Crippen LogP contribution is 1.98. The van der Waals surface area contributed by atoms with Crippen LogP contribution in [0.3, 0.4) is 0 Å². The molecule has 3 saturated heterocycles. The van der Waals surface area contributed by atoms with Gasteiger partial charge in [0.15, 0.2) is 0 Å². The monoisotopic (exact) mass is 298 g/mol. The topological polar surface area (TPSA) is 63.4 Å². The lowest BCUT2D eigenvalue weighted by Crippen LogP contribution is -2.47. The molecule has 5 N–H and O–H groups in total. The van der Waals surface area contributed by atoms with Crippen LogP contribution >= 0.6 is 0 Å². The van der Waals surface area contributed by atoms with Gasteiger partial charge in [-0.05, 0) is 18.9 Å². The first kappa shape index (κ1) is 17.1. The third-order valence-electron chi connectivity index (χ3n) is 4.36. The van der Waals surface area contributed by atoms with Gasteiger partial charge in [0.25, 0.3) is 0 Å². The molecule has 21 heavy (non-hydrogen) atoms. The van der Waals surface area contributed by atoms with Gasteiger partial charge in [0.1, 0.15) is 0 Å². The Balaban J connectivity index is 1.94. The Morgan fingerprint density at radius 3 is 1.57 bits per heavy atom. The summed E-state index contributed by atoms with van der Waals surface area (Å²) in [5.41, 5.74) is 0. The smallest absolute Gasteiger partial charge is 0.0104 e. The van der Waals surface area contributed by atoms with Gasteiger partial charge in [-0.3, -0.25) is 0 Å². The lowest BCUT2D eigenvalue weighted by molar-refractivity contribution is 0.258. The second kappa shape index (κ2) is 10.5. The van der Waals surface area contributed by atoms with Gasteiger partial charge < -0.3 is 31.5 Å². The molecule has 124 valence electrons. The van der Waals surface area contributed by atoms with E-state index in [0.717, 1.165) is 78.5 Å². The van der Waals surface area contributed by atoms with Crippen molar-refractivity contribution in [3.05, 3.63) is 0 Å². The summed E-state index contributed by atoms with van der Waals surface area (Å²) in [4.78, 5) is 2.46. The van der Waals surface area contributed by atoms with E-state index in [9.17, 15) is 0 Å². The molecule has 6 heteroatoms. The second-order valence-corrected chi connectivity index (χ2v) is 6.51. The molecule has 0 aromatic rings. The summed E-state index contributed by atoms with van der Waals surface area (Å²) >= 11 is 0. The van der Waals surface area contributed by atoms with E-state index < -0.39 is 0 Å². The van der Waals surface area contributed by atoms with Crippen LogP contribution in [0.1, 0.15) is 0 Å². The van der Waals surface area contributed by atoms with Crippen molar-refractivity contribution < 1.29 is 0 Å². The van der Waals surface area contributed by atoms with Gasteiger partial charge in [0.05, 0.1) is 0 Å². The Hall–Kier alpha value is -0.240. The largest absolute Gasteiger partial charge is 0.315 e. The molecule has 6 nitrogen and oxygen atoms in total. The van der Waals surface area contributed by atoms with Crippen LogP contribution in [-0.2, 0) is 0 Å². The van der Waals surface area contributed by atoms with Crippen molar-refractivity contribution in [2.24, 2.45) is 11.8 Å². The van der Waals surface area contributed by atoms with Gasteiger partial charge >= 0.3 is 0 Å². The van der Waals surface area contributed by atoms with Crippen molar-refractivity contribution in [2.45, 2.75) is 0 Å². The predicted molar refractivity (Wildman–Crippen MR) is 88.8 cm³/mol. The zero-order valence-electron chi connectivity index (χ0n) is 13.6. The van der Waals surface area contributed by atoms with Crippen LogP contribution in [0.15, 0.2) is 0 Å². The number of nitrogens with one attached hydrogen (secondary N) is 5. The number of fused-ring (bicyclic) bond motifs is 15. The molecule has 0 saturated carbocycles. The van der Waals surface area contributed by atoms with Crippen molar-refractivity contribution in [2.75, 3.05) is 85.6 Å². The molecule has 2 bridgehead atoms. The van der Waals surface area contributed by atoms with E-state index in [1.165, 1.54) is 0 Å². The number of hydrogen-bond donors (Lipinski definition) is 5. The molecular formula is C15H34N6. The first-order valence-electron chi connectivity index (χ1n) is 8.56. The minimum atomic E-state index is 0.661. The Morgan fingerprint density at radius 2 is 1.05 bits per heavy atom. The summed E-state index contributed by atoms with van der Waals surface area (Å²) in [6.07, 6.45) is 0. The molecule has 0 unspecified atom stereocenters. The van der Waals surface area contributed by atoms with Crippen LogP contribution in [0.25, 0.3) is 0 Å². The van der Waals surface area contributed by atoms with Gasteiger partial charge in [-0.15, -0.1) is 0 Å². The van der Waals surface area contributed by atoms with Crippen LogP contribution in [0.4, 0.5) is 0 Å². The number of hydrogen-bond acceptors (Lipinski definition) is 6. The fraction of sp³-hybridized carbons (Fsp3) is 1.00. The zero-order chi connectivity index (χ0) is 14.8. The molecule has 3 fully saturated rings. The van der Waals surface area contributed by atoms with Crippen molar-refractivity contribution in [3.8, 4) is 0 Å². The first-order valence-corrected chi connectivity index (χ1v) is 8.56. The molecular weight excluding hydrogens is 264 g/mol. The fourth-order valence-electron chi connectivity index (χ4n) is 3.10. The molecule has 0 aromatic heterocycles. The Kier molecular flexibility index (Phi) is 8.54. The highest BCUT2D eigenvalue weighted by molar-refractivity contribution is 4.74. The maximum Gasteiger partial charge on any atom is 0.0104 e. The average molecular weight is 298 g/mol. The summed E-state index contributed by atoms with van der Waals surface area (Å²) in [5, 5.41) is 18.0. The van der Waals surface area contributed by atoms with Crippen LogP contribution in [-0.4, -0.2) is 90.5 Å². The normalized spacial score (nSPS) is 32.4. The lowest BCUT2D eigenvalue weighted by atomic mass is 10.1. The Bertz CT molecular complexity index is 247. The maximum atomic E-state index is 3.63. The number of nitrogens with zero attached hydrogens (tertiary/aromatic N) is 1. The molecule has 3 rings (SSSR count). The van der Waals surface area contributed by atoms with E-state index in [-0.39, 0.29) is 0 Å². The van der Waals surface area contributed by atoms with E-state index in [0.29, 0.717) is 11.8 Å². The molecule has 3 aliphatic heterocycles. The van der Waals surface area contributed by atoms with Crippen molar-refractivity contribution in [1.82, 2.24) is 31.5 Å². The maximum absolute atomic E-state index is 3.63. The van der Waals surface area contributed by atoms with Crippen LogP contribution < -0.4 is 26.6 Å². The summed E-state index contributed by atoms with van der Waals surface area (Å²) in [6, 6.07) is 0. The summed E-state index contributed by atoms with van der Waals surface area (Å²) in [6.45, 7) is 13.1. The average Bonchev–Trinajstić information content (AvgIpc) is 2.48. The van der Waals surface area contributed by atoms with Crippen molar-refractivity contribution >= 4 is 0 Å². The molecule has 3 aliphatic rings. The second-order valence-electron chi connectivity index (χ2n) is 6.51. The number of likely N-dealkylation sites (N-methyl/N-ethyl adjacent to an activating group) is 1. The third kappa shape index (κ3) is 7.54. The van der Waals surface area contributed by atoms with Crippen molar-refractivity contribution in [1.29, 1.82) is 0 Å². The molecule has 0 radical (unpaired) electrons. The Morgan fingerprint density at radius 1 is 0.619 bits per heavy atom. The Labute approximate surface area is 129 Å². The van der Waals surface area contributed by atoms with E-state index in [1.807, 2.05) is 0 Å². The quantitative estimate of drug-likeness (QED) is 0.361. The summed E-state index contributed by atoms with van der Waals surface area (Å²) < 4.78 is 0. The SMILES string of the molecule is CN1CCNCC2CNCCNCC(CNCCNC2)C1. The van der Waals surface area contributed by atoms with Gasteiger partial charge in [0, 0.05) is 78.5 Å². The molecule has 0 aromatic carbocycles. The molecule has 0 amide bonds. The predicted octanol–water partition coefficient (Wildman–Crippen LogP) is -1.87. The minimum Gasteiger partial charge on any atom is -0.315 e. The molecule has 3 heterocycles. The molecule has 0 atom stereocenters. The zero-order valence-corrected chi connectivity index (χ0v) is 13.6. The van der Waals surface area contributed by atoms with Gasteiger partial charge in [0.2, 0.25) is 0 Å². The van der Waals surface area contributed by atoms with Crippen LogP contribution in [0.2, 0.25) is 0 Å². The standard InChI is InChI=1S/C15H34N6/c1-21-7-6-20-10-14-8-16-2-4-18-11-15(13-21)12-19-5-3-17-9-14/h14-20H,2-13H2,1H3. The van der Waals surface area contributed by atoms with Crippen molar-refractivity contribution in [3.63, 3.8) is 0 Å². The van der Waals surface area contributed by atoms with E-state index in [1.54, 1.807) is 0 Å². The molecule has 0 aliphatic carbocycles. The third-order valence-corrected chi connectivity index (χ3v) is 4.36. The lowest BCUT2D eigenvalue weighted by Gasteiger charge is -2.27. The van der Waals surface area contributed by atoms with E-state index >= 15 is 0 Å². The van der Waals surface area contributed by atoms with Crippen LogP contribution in [0.5, 0.6) is 0 Å². The highest BCUT2D eigenvalue weighted by Gasteiger charge is 2.14. The van der Waals surface area contributed by atoms with Gasteiger partial charge in [-0.2, -0.15) is 0 Å². The van der Waals surface area contributed by atoms with E-state index in [4.69, 9.17) is 0 Å². The first-order chi connectivity index (χ1) is 10.3. The minimum absolute atomic E-state index is 0.661. The highest BCUT2D eigenvalue weighted by atomic mass is 15.1. The summed E-state index contributed by atoms with van der Waals surface area (Å²) in [5.74, 6) is 1.34. The number of rotatable bonds is 0. The van der Waals surface area contributed by atoms with Crippen LogP contribution in [0, 0.1) is 11.8 Å². The fourth-order valence-corrected chi connectivity index (χ4v) is 3.10. The van der Waals surface area contributed by atoms with Gasteiger partial charge in [-0.25, -0.2) is 0 Å². The van der Waals surface area contributed by atoms with E-state index in [2.05, 4.69) is 38.5 Å². The van der Waals surface area contributed by atoms with Gasteiger partial charge in [-0.1, -0.05) is 0 Å².